The molecule has 0 aromatic heterocycles. The molecule has 0 unspecified atom stereocenters. The summed E-state index contributed by atoms with van der Waals surface area (Å²) in [6.07, 6.45) is 7.24. The third-order valence-electron chi connectivity index (χ3n) is 3.00. The SMILES string of the molecule is CCN(CO[SiH3])CC1CCCCC1. The van der Waals surface area contributed by atoms with Crippen molar-refractivity contribution in [3.8, 4) is 0 Å². The molecule has 0 aromatic rings. The Morgan fingerprint density at radius 3 is 2.54 bits per heavy atom. The van der Waals surface area contributed by atoms with Crippen molar-refractivity contribution in [2.24, 2.45) is 5.92 Å². The van der Waals surface area contributed by atoms with E-state index in [4.69, 9.17) is 4.43 Å². The van der Waals surface area contributed by atoms with Crippen LogP contribution in [-0.4, -0.2) is 35.2 Å². The summed E-state index contributed by atoms with van der Waals surface area (Å²) in [5.41, 5.74) is 0. The number of nitrogens with zero attached hydrogens (tertiary/aromatic N) is 1. The van der Waals surface area contributed by atoms with Crippen LogP contribution >= 0.6 is 0 Å². The highest BCUT2D eigenvalue weighted by molar-refractivity contribution is 5.97. The van der Waals surface area contributed by atoms with E-state index in [0.29, 0.717) is 0 Å². The lowest BCUT2D eigenvalue weighted by atomic mass is 9.89. The molecule has 0 bridgehead atoms. The maximum absolute atomic E-state index is 5.30. The summed E-state index contributed by atoms with van der Waals surface area (Å²) in [5.74, 6) is 0.950. The normalized spacial score (nSPS) is 19.8. The minimum absolute atomic E-state index is 0.860. The predicted octanol–water partition coefficient (Wildman–Crippen LogP) is 1.14. The van der Waals surface area contributed by atoms with E-state index in [1.54, 1.807) is 0 Å². The van der Waals surface area contributed by atoms with Crippen LogP contribution in [-0.2, 0) is 4.43 Å². The Balaban J connectivity index is 2.18. The second-order valence-electron chi connectivity index (χ2n) is 4.09. The highest BCUT2D eigenvalue weighted by Gasteiger charge is 2.15. The quantitative estimate of drug-likeness (QED) is 0.489. The molecule has 1 aliphatic rings. The summed E-state index contributed by atoms with van der Waals surface area (Å²) < 4.78 is 5.30. The van der Waals surface area contributed by atoms with Crippen molar-refractivity contribution in [1.82, 2.24) is 4.90 Å². The van der Waals surface area contributed by atoms with Crippen LogP contribution in [0.3, 0.4) is 0 Å². The molecule has 1 aliphatic carbocycles. The van der Waals surface area contributed by atoms with E-state index in [2.05, 4.69) is 11.8 Å². The molecule has 1 rings (SSSR count). The van der Waals surface area contributed by atoms with Gasteiger partial charge in [0.1, 0.15) is 10.5 Å². The molecule has 13 heavy (non-hydrogen) atoms. The van der Waals surface area contributed by atoms with Crippen LogP contribution in [0.15, 0.2) is 0 Å². The molecule has 1 saturated carbocycles. The average molecular weight is 201 g/mol. The zero-order valence-corrected chi connectivity index (χ0v) is 11.1. The van der Waals surface area contributed by atoms with Gasteiger partial charge in [-0.25, -0.2) is 0 Å². The Hall–Kier alpha value is 0.137. The van der Waals surface area contributed by atoms with Gasteiger partial charge in [0, 0.05) is 6.54 Å². The lowest BCUT2D eigenvalue weighted by Crippen LogP contribution is -2.32. The van der Waals surface area contributed by atoms with Crippen LogP contribution in [0.2, 0.25) is 0 Å². The monoisotopic (exact) mass is 201 g/mol. The number of hydrogen-bond acceptors (Lipinski definition) is 2. The van der Waals surface area contributed by atoms with Crippen molar-refractivity contribution in [3.05, 3.63) is 0 Å². The molecule has 1 fully saturated rings. The van der Waals surface area contributed by atoms with Crippen molar-refractivity contribution >= 4 is 10.5 Å². The Kier molecular flexibility index (Phi) is 5.67. The second-order valence-corrected chi connectivity index (χ2v) is 4.67. The summed E-state index contributed by atoms with van der Waals surface area (Å²) in [6.45, 7) is 5.49. The van der Waals surface area contributed by atoms with Gasteiger partial charge < -0.3 is 4.43 Å². The van der Waals surface area contributed by atoms with Gasteiger partial charge in [0.15, 0.2) is 0 Å². The van der Waals surface area contributed by atoms with Crippen molar-refractivity contribution in [3.63, 3.8) is 0 Å². The third kappa shape index (κ3) is 4.25. The first kappa shape index (κ1) is 11.2. The molecule has 2 nitrogen and oxygen atoms in total. The van der Waals surface area contributed by atoms with Crippen LogP contribution in [0.5, 0.6) is 0 Å². The highest BCUT2D eigenvalue weighted by Crippen LogP contribution is 2.24. The Labute approximate surface area is 85.2 Å². The first-order chi connectivity index (χ1) is 6.36. The van der Waals surface area contributed by atoms with Gasteiger partial charge in [-0.2, -0.15) is 0 Å². The second kappa shape index (κ2) is 6.57. The van der Waals surface area contributed by atoms with E-state index in [-0.39, 0.29) is 0 Å². The van der Waals surface area contributed by atoms with Crippen molar-refractivity contribution in [2.75, 3.05) is 19.8 Å². The molecule has 0 N–H and O–H groups in total. The van der Waals surface area contributed by atoms with Gasteiger partial charge in [0.05, 0.1) is 6.73 Å². The molecule has 0 heterocycles. The minimum atomic E-state index is 0.860. The van der Waals surface area contributed by atoms with Crippen molar-refractivity contribution in [2.45, 2.75) is 39.0 Å². The first-order valence-electron chi connectivity index (χ1n) is 5.58. The summed E-state index contributed by atoms with van der Waals surface area (Å²) in [7, 11) is 0.868. The third-order valence-corrected chi connectivity index (χ3v) is 3.26. The molecule has 78 valence electrons. The van der Waals surface area contributed by atoms with Gasteiger partial charge in [0.25, 0.3) is 0 Å². The zero-order valence-electron chi connectivity index (χ0n) is 9.09. The minimum Gasteiger partial charge on any atom is -0.415 e. The van der Waals surface area contributed by atoms with E-state index in [9.17, 15) is 0 Å². The summed E-state index contributed by atoms with van der Waals surface area (Å²) in [4.78, 5) is 2.43. The maximum atomic E-state index is 5.30. The standard InChI is InChI=1S/C10H23NOSi/c1-2-11(9-12-13)8-10-6-4-3-5-7-10/h10H,2-9H2,1,13H3. The Morgan fingerprint density at radius 1 is 1.31 bits per heavy atom. The lowest BCUT2D eigenvalue weighted by Gasteiger charge is -2.28. The van der Waals surface area contributed by atoms with Crippen LogP contribution in [0.4, 0.5) is 0 Å². The van der Waals surface area contributed by atoms with Gasteiger partial charge >= 0.3 is 0 Å². The average Bonchev–Trinajstić information content (AvgIpc) is 2.19. The molecule has 0 aliphatic heterocycles. The smallest absolute Gasteiger partial charge is 0.147 e. The predicted molar refractivity (Wildman–Crippen MR) is 59.7 cm³/mol. The van der Waals surface area contributed by atoms with E-state index in [0.717, 1.165) is 29.7 Å². The lowest BCUT2D eigenvalue weighted by molar-refractivity contribution is 0.112. The molecular formula is C10H23NOSi. The Bertz CT molecular complexity index is 123. The van der Waals surface area contributed by atoms with E-state index < -0.39 is 0 Å². The summed E-state index contributed by atoms with van der Waals surface area (Å²) in [5, 5.41) is 0. The molecule has 0 amide bonds. The number of hydrogen-bond donors (Lipinski definition) is 0. The number of rotatable bonds is 5. The first-order valence-corrected chi connectivity index (χ1v) is 6.39. The van der Waals surface area contributed by atoms with Gasteiger partial charge in [-0.3, -0.25) is 4.90 Å². The molecule has 0 atom stereocenters. The maximum Gasteiger partial charge on any atom is 0.147 e. The highest BCUT2D eigenvalue weighted by atomic mass is 28.2. The van der Waals surface area contributed by atoms with Crippen LogP contribution in [0.25, 0.3) is 0 Å². The van der Waals surface area contributed by atoms with Crippen LogP contribution in [0.1, 0.15) is 39.0 Å². The summed E-state index contributed by atoms with van der Waals surface area (Å²) in [6, 6.07) is 0. The Morgan fingerprint density at radius 2 is 2.00 bits per heavy atom. The van der Waals surface area contributed by atoms with E-state index in [1.807, 2.05) is 0 Å². The van der Waals surface area contributed by atoms with Gasteiger partial charge in [-0.15, -0.1) is 0 Å². The molecule has 3 heteroatoms. The van der Waals surface area contributed by atoms with Crippen molar-refractivity contribution in [1.29, 1.82) is 0 Å². The van der Waals surface area contributed by atoms with Gasteiger partial charge in [0.2, 0.25) is 0 Å². The van der Waals surface area contributed by atoms with E-state index in [1.165, 1.54) is 38.6 Å². The topological polar surface area (TPSA) is 12.5 Å². The molecule has 0 aromatic carbocycles. The largest absolute Gasteiger partial charge is 0.415 e. The fourth-order valence-corrected chi connectivity index (χ4v) is 2.56. The molecule has 0 spiro atoms. The van der Waals surface area contributed by atoms with Crippen LogP contribution in [0, 0.1) is 5.92 Å². The van der Waals surface area contributed by atoms with E-state index >= 15 is 0 Å². The fraction of sp³-hybridized carbons (Fsp3) is 1.00. The molecule has 0 radical (unpaired) electrons. The van der Waals surface area contributed by atoms with Crippen molar-refractivity contribution < 1.29 is 4.43 Å². The van der Waals surface area contributed by atoms with Crippen LogP contribution < -0.4 is 0 Å². The van der Waals surface area contributed by atoms with Gasteiger partial charge in [-0.05, 0) is 25.3 Å². The van der Waals surface area contributed by atoms with Gasteiger partial charge in [-0.1, -0.05) is 26.2 Å². The fourth-order valence-electron chi connectivity index (χ4n) is 2.19. The zero-order chi connectivity index (χ0) is 9.52. The molecular weight excluding hydrogens is 178 g/mol. The molecule has 0 saturated heterocycles. The summed E-state index contributed by atoms with van der Waals surface area (Å²) >= 11 is 0.